The van der Waals surface area contributed by atoms with Crippen molar-refractivity contribution >= 4 is 22.9 Å². The number of rotatable bonds is 4. The van der Waals surface area contributed by atoms with Crippen molar-refractivity contribution in [2.24, 2.45) is 0 Å². The molecule has 0 unspecified atom stereocenters. The van der Waals surface area contributed by atoms with E-state index in [1.54, 1.807) is 18.5 Å². The Hall–Kier alpha value is -3.82. The molecule has 4 heterocycles. The Kier molecular flexibility index (Phi) is 4.49. The van der Waals surface area contributed by atoms with Crippen molar-refractivity contribution in [2.45, 2.75) is 18.1 Å². The zero-order valence-electron chi connectivity index (χ0n) is 15.4. The smallest absolute Gasteiger partial charge is 0.382 e. The van der Waals surface area contributed by atoms with Gasteiger partial charge in [0, 0.05) is 17.8 Å². The van der Waals surface area contributed by atoms with E-state index in [0.717, 1.165) is 5.39 Å². The maximum absolute atomic E-state index is 12.3. The van der Waals surface area contributed by atoms with Gasteiger partial charge in [0.25, 0.3) is 0 Å². The number of fused-ring (bicyclic) bond motifs is 1. The summed E-state index contributed by atoms with van der Waals surface area (Å²) in [5.74, 6) is 0.175. The molecule has 156 valence electrons. The van der Waals surface area contributed by atoms with E-state index in [1.165, 1.54) is 15.9 Å². The Balaban J connectivity index is 1.58. The molecule has 1 fully saturated rings. The number of nitrogens with two attached hydrogens (primary N) is 1. The van der Waals surface area contributed by atoms with Gasteiger partial charge < -0.3 is 20.9 Å². The summed E-state index contributed by atoms with van der Waals surface area (Å²) in [5, 5.41) is 16.1. The van der Waals surface area contributed by atoms with Gasteiger partial charge in [0.05, 0.1) is 36.8 Å². The average molecular weight is 419 g/mol. The van der Waals surface area contributed by atoms with Crippen molar-refractivity contribution in [1.29, 1.82) is 5.26 Å². The normalized spacial score (nSPS) is 15.6. The molecule has 2 amide bonds. The first-order valence-electron chi connectivity index (χ1n) is 8.83. The number of likely N-dealkylation sites (tertiary alicyclic amines) is 1. The molecule has 1 aliphatic rings. The quantitative estimate of drug-likeness (QED) is 0.586. The molecule has 0 radical (unpaired) electrons. The highest BCUT2D eigenvalue weighted by molar-refractivity contribution is 5.93. The minimum Gasteiger partial charge on any atom is -0.382 e. The number of anilines is 1. The van der Waals surface area contributed by atoms with Crippen molar-refractivity contribution in [1.82, 2.24) is 34.9 Å². The monoisotopic (exact) mass is 419 g/mol. The fourth-order valence-corrected chi connectivity index (χ4v) is 3.48. The summed E-state index contributed by atoms with van der Waals surface area (Å²) in [4.78, 5) is 24.5. The van der Waals surface area contributed by atoms with Crippen LogP contribution in [0.25, 0.3) is 22.3 Å². The van der Waals surface area contributed by atoms with E-state index < -0.39 is 24.3 Å². The van der Waals surface area contributed by atoms with Crippen LogP contribution >= 0.6 is 0 Å². The molecule has 1 saturated heterocycles. The Labute approximate surface area is 167 Å². The van der Waals surface area contributed by atoms with Crippen LogP contribution in [0, 0.1) is 11.3 Å². The predicted molar refractivity (Wildman–Crippen MR) is 98.8 cm³/mol. The standard InChI is InChI=1S/C17H16F3N9O/c18-17(19,20)6-24-15(30)28-7-16(8-28,2-3-21)29-5-11(13(22)27-29)12-10-1-4-23-14(10)26-9-25-12/h1,4-5,9H,2,6-8H2,(H2,22,27)(H,24,30)(H,23,25,26). The summed E-state index contributed by atoms with van der Waals surface area (Å²) in [7, 11) is 0. The molecular weight excluding hydrogens is 403 g/mol. The summed E-state index contributed by atoms with van der Waals surface area (Å²) < 4.78 is 38.4. The van der Waals surface area contributed by atoms with Crippen LogP contribution in [0.4, 0.5) is 23.8 Å². The van der Waals surface area contributed by atoms with E-state index in [9.17, 15) is 23.2 Å². The number of carbonyl (C=O) groups is 1. The third-order valence-corrected chi connectivity index (χ3v) is 4.94. The van der Waals surface area contributed by atoms with E-state index in [-0.39, 0.29) is 25.3 Å². The van der Waals surface area contributed by atoms with E-state index in [4.69, 9.17) is 5.73 Å². The number of carbonyl (C=O) groups excluding carboxylic acids is 1. The van der Waals surface area contributed by atoms with Gasteiger partial charge in [-0.1, -0.05) is 0 Å². The lowest BCUT2D eigenvalue weighted by Gasteiger charge is -2.48. The highest BCUT2D eigenvalue weighted by atomic mass is 19.4. The predicted octanol–water partition coefficient (Wildman–Crippen LogP) is 1.60. The number of amides is 2. The van der Waals surface area contributed by atoms with Gasteiger partial charge in [0.1, 0.15) is 24.1 Å². The second-order valence-electron chi connectivity index (χ2n) is 7.02. The molecule has 3 aromatic heterocycles. The summed E-state index contributed by atoms with van der Waals surface area (Å²) in [6, 6.07) is 2.99. The largest absolute Gasteiger partial charge is 0.405 e. The fourth-order valence-electron chi connectivity index (χ4n) is 3.48. The highest BCUT2D eigenvalue weighted by Gasteiger charge is 2.48. The van der Waals surface area contributed by atoms with Gasteiger partial charge in [-0.2, -0.15) is 23.5 Å². The van der Waals surface area contributed by atoms with Crippen LogP contribution < -0.4 is 11.1 Å². The van der Waals surface area contributed by atoms with Gasteiger partial charge in [0.2, 0.25) is 0 Å². The minimum atomic E-state index is -4.50. The molecule has 10 nitrogen and oxygen atoms in total. The lowest BCUT2D eigenvalue weighted by Crippen LogP contribution is -2.66. The maximum atomic E-state index is 12.3. The summed E-state index contributed by atoms with van der Waals surface area (Å²) >= 11 is 0. The highest BCUT2D eigenvalue weighted by Crippen LogP contribution is 2.36. The van der Waals surface area contributed by atoms with Crippen molar-refractivity contribution in [2.75, 3.05) is 25.4 Å². The Morgan fingerprint density at radius 1 is 1.40 bits per heavy atom. The van der Waals surface area contributed by atoms with Crippen molar-refractivity contribution in [3.63, 3.8) is 0 Å². The van der Waals surface area contributed by atoms with Crippen molar-refractivity contribution in [3.05, 3.63) is 24.8 Å². The number of nitrogens with zero attached hydrogens (tertiary/aromatic N) is 6. The molecule has 4 rings (SSSR count). The second kappa shape index (κ2) is 6.90. The van der Waals surface area contributed by atoms with Gasteiger partial charge in [-0.3, -0.25) is 4.68 Å². The average Bonchev–Trinajstić information content (AvgIpc) is 3.28. The van der Waals surface area contributed by atoms with E-state index >= 15 is 0 Å². The SMILES string of the molecule is N#CCC1(n2cc(-c3ncnc4[nH]ccc34)c(N)n2)CN(C(=O)NCC(F)(F)F)C1. The lowest BCUT2D eigenvalue weighted by atomic mass is 9.87. The lowest BCUT2D eigenvalue weighted by molar-refractivity contribution is -0.123. The summed E-state index contributed by atoms with van der Waals surface area (Å²) in [5.41, 5.74) is 6.90. The van der Waals surface area contributed by atoms with Crippen molar-refractivity contribution < 1.29 is 18.0 Å². The Morgan fingerprint density at radius 3 is 2.87 bits per heavy atom. The molecule has 3 aromatic rings. The molecule has 0 bridgehead atoms. The van der Waals surface area contributed by atoms with Crippen LogP contribution in [0.5, 0.6) is 0 Å². The van der Waals surface area contributed by atoms with Crippen LogP contribution in [-0.2, 0) is 5.54 Å². The number of hydrogen-bond donors (Lipinski definition) is 3. The second-order valence-corrected chi connectivity index (χ2v) is 7.02. The number of H-pyrrole nitrogens is 1. The van der Waals surface area contributed by atoms with E-state index in [0.29, 0.717) is 16.9 Å². The topological polar surface area (TPSA) is 142 Å². The Bertz CT molecular complexity index is 1140. The molecule has 0 aliphatic carbocycles. The number of alkyl halides is 3. The fraction of sp³-hybridized carbons (Fsp3) is 0.353. The number of nitrogens with one attached hydrogen (secondary N) is 2. The molecule has 1 aliphatic heterocycles. The number of halogens is 3. The Morgan fingerprint density at radius 2 is 2.17 bits per heavy atom. The van der Waals surface area contributed by atoms with Gasteiger partial charge in [-0.05, 0) is 6.07 Å². The van der Waals surface area contributed by atoms with Crippen LogP contribution in [-0.4, -0.2) is 61.5 Å². The zero-order chi connectivity index (χ0) is 21.5. The van der Waals surface area contributed by atoms with E-state index in [1.807, 2.05) is 11.4 Å². The molecule has 30 heavy (non-hydrogen) atoms. The van der Waals surface area contributed by atoms with Crippen LogP contribution in [0.1, 0.15) is 6.42 Å². The van der Waals surface area contributed by atoms with Crippen LogP contribution in [0.15, 0.2) is 24.8 Å². The minimum absolute atomic E-state index is 0.0000495. The van der Waals surface area contributed by atoms with Gasteiger partial charge in [-0.25, -0.2) is 14.8 Å². The first-order valence-corrected chi connectivity index (χ1v) is 8.83. The summed E-state index contributed by atoms with van der Waals surface area (Å²) in [6.45, 7) is -1.38. The van der Waals surface area contributed by atoms with E-state index in [2.05, 4.69) is 20.1 Å². The first kappa shape index (κ1) is 19.5. The van der Waals surface area contributed by atoms with Gasteiger partial charge in [-0.15, -0.1) is 0 Å². The number of hydrogen-bond acceptors (Lipinski definition) is 6. The van der Waals surface area contributed by atoms with Crippen molar-refractivity contribution in [3.8, 4) is 17.3 Å². The number of aromatic nitrogens is 5. The number of aromatic amines is 1. The molecule has 0 spiro atoms. The number of nitriles is 1. The van der Waals surface area contributed by atoms with Crippen LogP contribution in [0.2, 0.25) is 0 Å². The molecule has 4 N–H and O–H groups in total. The zero-order valence-corrected chi connectivity index (χ0v) is 15.4. The third-order valence-electron chi connectivity index (χ3n) is 4.94. The van der Waals surface area contributed by atoms with Gasteiger partial charge >= 0.3 is 12.2 Å². The molecule has 13 heteroatoms. The number of urea groups is 1. The number of nitrogen functional groups attached to an aromatic ring is 1. The molecule has 0 saturated carbocycles. The molecule has 0 aromatic carbocycles. The maximum Gasteiger partial charge on any atom is 0.405 e. The summed E-state index contributed by atoms with van der Waals surface area (Å²) in [6.07, 6.45) is 0.221. The van der Waals surface area contributed by atoms with Crippen LogP contribution in [0.3, 0.4) is 0 Å². The first-order chi connectivity index (χ1) is 14.2. The molecular formula is C17H16F3N9O. The molecule has 0 atom stereocenters. The third kappa shape index (κ3) is 3.36. The van der Waals surface area contributed by atoms with Gasteiger partial charge in [0.15, 0.2) is 5.82 Å².